The number of hydrogen-bond acceptors (Lipinski definition) is 5. The van der Waals surface area contributed by atoms with Crippen molar-refractivity contribution in [3.63, 3.8) is 0 Å². The number of benzene rings is 2. The van der Waals surface area contributed by atoms with Crippen LogP contribution in [-0.4, -0.2) is 60.4 Å². The second-order valence-corrected chi connectivity index (χ2v) is 8.89. The van der Waals surface area contributed by atoms with Crippen LogP contribution in [0.2, 0.25) is 0 Å². The average molecular weight is 437 g/mol. The molecule has 0 spiro atoms. The van der Waals surface area contributed by atoms with Gasteiger partial charge in [0, 0.05) is 18.7 Å². The molecule has 170 valence electrons. The Morgan fingerprint density at radius 1 is 1.12 bits per heavy atom. The summed E-state index contributed by atoms with van der Waals surface area (Å²) < 4.78 is 5.83. The second kappa shape index (κ2) is 10.0. The Morgan fingerprint density at radius 3 is 2.41 bits per heavy atom. The Labute approximate surface area is 190 Å². The van der Waals surface area contributed by atoms with Crippen molar-refractivity contribution in [1.29, 1.82) is 0 Å². The fourth-order valence-corrected chi connectivity index (χ4v) is 3.77. The number of aryl methyl sites for hydroxylation is 1. The number of nitrogens with zero attached hydrogens (tertiary/aromatic N) is 2. The second-order valence-electron chi connectivity index (χ2n) is 8.89. The van der Waals surface area contributed by atoms with E-state index < -0.39 is 17.7 Å². The molecule has 1 N–H and O–H groups in total. The van der Waals surface area contributed by atoms with Gasteiger partial charge in [-0.15, -0.1) is 0 Å². The number of hydrogen-bond donors (Lipinski definition) is 1. The van der Waals surface area contributed by atoms with E-state index in [1.165, 1.54) is 0 Å². The molecule has 1 fully saturated rings. The predicted octanol–water partition coefficient (Wildman–Crippen LogP) is 4.01. The molecule has 1 atom stereocenters. The summed E-state index contributed by atoms with van der Waals surface area (Å²) in [7, 11) is 3.83. The van der Waals surface area contributed by atoms with Gasteiger partial charge in [-0.25, -0.2) is 0 Å². The van der Waals surface area contributed by atoms with E-state index >= 15 is 0 Å². The van der Waals surface area contributed by atoms with Crippen molar-refractivity contribution in [2.45, 2.75) is 26.8 Å². The molecule has 1 heterocycles. The summed E-state index contributed by atoms with van der Waals surface area (Å²) in [6, 6.07) is 14.1. The fraction of sp³-hybridized carbons (Fsp3) is 0.385. The maximum absolute atomic E-state index is 13.0. The summed E-state index contributed by atoms with van der Waals surface area (Å²) in [6.07, 6.45) is 0. The maximum atomic E-state index is 13.0. The van der Waals surface area contributed by atoms with Crippen LogP contribution in [-0.2, 0) is 9.59 Å². The standard InChI is InChI=1S/C26H32N2O4/c1-17(2)16-32-21-12-11-20(15-18(21)3)24(29)22-23(19-9-7-6-8-10-19)28(14-13-27(4)5)26(31)25(22)30/h6-12,15,17,23,29H,13-14,16H2,1-5H3/b24-22-. The lowest BCUT2D eigenvalue weighted by Gasteiger charge is -2.26. The number of carbonyl (C=O) groups excluding carboxylic acids is 2. The number of rotatable bonds is 8. The Morgan fingerprint density at radius 2 is 1.81 bits per heavy atom. The molecule has 0 aliphatic carbocycles. The fourth-order valence-electron chi connectivity index (χ4n) is 3.77. The van der Waals surface area contributed by atoms with Crippen LogP contribution in [0, 0.1) is 12.8 Å². The van der Waals surface area contributed by atoms with Gasteiger partial charge in [-0.1, -0.05) is 44.2 Å². The molecule has 2 aromatic rings. The third kappa shape index (κ3) is 5.02. The first-order valence-electron chi connectivity index (χ1n) is 10.9. The van der Waals surface area contributed by atoms with E-state index in [1.54, 1.807) is 23.1 Å². The summed E-state index contributed by atoms with van der Waals surface area (Å²) in [4.78, 5) is 29.5. The van der Waals surface area contributed by atoms with Crippen LogP contribution in [0.4, 0.5) is 0 Å². The zero-order valence-electron chi connectivity index (χ0n) is 19.5. The van der Waals surface area contributed by atoms with Crippen LogP contribution < -0.4 is 4.74 Å². The van der Waals surface area contributed by atoms with Crippen molar-refractivity contribution < 1.29 is 19.4 Å². The number of likely N-dealkylation sites (tertiary alicyclic amines) is 1. The lowest BCUT2D eigenvalue weighted by atomic mass is 9.95. The molecular weight excluding hydrogens is 404 g/mol. The highest BCUT2D eigenvalue weighted by molar-refractivity contribution is 6.46. The molecular formula is C26H32N2O4. The number of ketones is 1. The highest BCUT2D eigenvalue weighted by Gasteiger charge is 2.45. The highest BCUT2D eigenvalue weighted by atomic mass is 16.5. The molecule has 6 heteroatoms. The van der Waals surface area contributed by atoms with Gasteiger partial charge >= 0.3 is 0 Å². The van der Waals surface area contributed by atoms with Gasteiger partial charge in [-0.05, 0) is 56.3 Å². The first kappa shape index (κ1) is 23.5. The SMILES string of the molecule is Cc1cc(/C(O)=C2/C(=O)C(=O)N(CCN(C)C)C2c2ccccc2)ccc1OCC(C)C. The van der Waals surface area contributed by atoms with Crippen molar-refractivity contribution in [1.82, 2.24) is 9.80 Å². The van der Waals surface area contributed by atoms with Crippen molar-refractivity contribution in [3.05, 3.63) is 70.8 Å². The van der Waals surface area contributed by atoms with Crippen LogP contribution in [0.15, 0.2) is 54.1 Å². The molecule has 0 radical (unpaired) electrons. The van der Waals surface area contributed by atoms with Crippen molar-refractivity contribution in [2.75, 3.05) is 33.8 Å². The van der Waals surface area contributed by atoms with Gasteiger partial charge in [0.1, 0.15) is 11.5 Å². The van der Waals surface area contributed by atoms with Gasteiger partial charge in [0.2, 0.25) is 0 Å². The summed E-state index contributed by atoms with van der Waals surface area (Å²) in [5.41, 5.74) is 2.26. The minimum Gasteiger partial charge on any atom is -0.507 e. The van der Waals surface area contributed by atoms with Crippen LogP contribution >= 0.6 is 0 Å². The van der Waals surface area contributed by atoms with E-state index in [4.69, 9.17) is 4.74 Å². The zero-order chi connectivity index (χ0) is 23.4. The van der Waals surface area contributed by atoms with Crippen LogP contribution in [0.1, 0.15) is 36.6 Å². The number of ether oxygens (including phenoxy) is 1. The van der Waals surface area contributed by atoms with E-state index in [1.807, 2.05) is 56.3 Å². The maximum Gasteiger partial charge on any atom is 0.295 e. The Hall–Kier alpha value is -3.12. The summed E-state index contributed by atoms with van der Waals surface area (Å²) in [6.45, 7) is 7.64. The Kier molecular flexibility index (Phi) is 7.36. The Bertz CT molecular complexity index is 1010. The van der Waals surface area contributed by atoms with Gasteiger partial charge in [0.05, 0.1) is 18.2 Å². The molecule has 1 saturated heterocycles. The molecule has 1 unspecified atom stereocenters. The molecule has 32 heavy (non-hydrogen) atoms. The topological polar surface area (TPSA) is 70.1 Å². The van der Waals surface area contributed by atoms with E-state index in [9.17, 15) is 14.7 Å². The zero-order valence-corrected chi connectivity index (χ0v) is 19.5. The molecule has 2 aromatic carbocycles. The number of Topliss-reactive ketones (excluding diaryl/α,β-unsaturated/α-hetero) is 1. The van der Waals surface area contributed by atoms with Crippen molar-refractivity contribution >= 4 is 17.4 Å². The van der Waals surface area contributed by atoms with E-state index in [-0.39, 0.29) is 11.3 Å². The molecule has 1 aliphatic rings. The minimum absolute atomic E-state index is 0.121. The molecule has 0 bridgehead atoms. The number of carbonyl (C=O) groups is 2. The predicted molar refractivity (Wildman–Crippen MR) is 126 cm³/mol. The minimum atomic E-state index is -0.659. The van der Waals surface area contributed by atoms with Gasteiger partial charge < -0.3 is 19.6 Å². The summed E-state index contributed by atoms with van der Waals surface area (Å²) in [5.74, 6) is -0.278. The summed E-state index contributed by atoms with van der Waals surface area (Å²) in [5, 5.41) is 11.2. The van der Waals surface area contributed by atoms with Crippen LogP contribution in [0.3, 0.4) is 0 Å². The average Bonchev–Trinajstić information content (AvgIpc) is 3.01. The Balaban J connectivity index is 2.05. The lowest BCUT2D eigenvalue weighted by Crippen LogP contribution is -2.35. The quantitative estimate of drug-likeness (QED) is 0.385. The molecule has 0 aromatic heterocycles. The first-order chi connectivity index (χ1) is 15.2. The van der Waals surface area contributed by atoms with E-state index in [0.29, 0.717) is 31.2 Å². The molecule has 1 amide bonds. The summed E-state index contributed by atoms with van der Waals surface area (Å²) >= 11 is 0. The molecule has 6 nitrogen and oxygen atoms in total. The van der Waals surface area contributed by atoms with E-state index in [0.717, 1.165) is 16.9 Å². The monoisotopic (exact) mass is 436 g/mol. The van der Waals surface area contributed by atoms with Crippen molar-refractivity contribution in [2.24, 2.45) is 5.92 Å². The van der Waals surface area contributed by atoms with Gasteiger partial charge in [-0.2, -0.15) is 0 Å². The van der Waals surface area contributed by atoms with E-state index in [2.05, 4.69) is 13.8 Å². The molecule has 3 rings (SSSR count). The molecule has 0 saturated carbocycles. The van der Waals surface area contributed by atoms with Gasteiger partial charge in [0.25, 0.3) is 11.7 Å². The van der Waals surface area contributed by atoms with Gasteiger partial charge in [-0.3, -0.25) is 9.59 Å². The highest BCUT2D eigenvalue weighted by Crippen LogP contribution is 2.39. The largest absolute Gasteiger partial charge is 0.507 e. The third-order valence-electron chi connectivity index (χ3n) is 5.46. The number of likely N-dealkylation sites (N-methyl/N-ethyl adjacent to an activating group) is 1. The van der Waals surface area contributed by atoms with Crippen LogP contribution in [0.5, 0.6) is 5.75 Å². The van der Waals surface area contributed by atoms with Crippen LogP contribution in [0.25, 0.3) is 5.76 Å². The third-order valence-corrected chi connectivity index (χ3v) is 5.46. The lowest BCUT2D eigenvalue weighted by molar-refractivity contribution is -0.140. The number of amides is 1. The van der Waals surface area contributed by atoms with Crippen molar-refractivity contribution in [3.8, 4) is 5.75 Å². The molecule has 1 aliphatic heterocycles. The first-order valence-corrected chi connectivity index (χ1v) is 10.9. The number of aliphatic hydroxyl groups is 1. The van der Waals surface area contributed by atoms with Gasteiger partial charge in [0.15, 0.2) is 0 Å². The normalized spacial score (nSPS) is 18.1. The smallest absolute Gasteiger partial charge is 0.295 e. The number of aliphatic hydroxyl groups excluding tert-OH is 1.